The summed E-state index contributed by atoms with van der Waals surface area (Å²) in [5.41, 5.74) is 0. The predicted molar refractivity (Wildman–Crippen MR) is 119 cm³/mol. The second kappa shape index (κ2) is 12.2. The summed E-state index contributed by atoms with van der Waals surface area (Å²) in [6, 6.07) is 1.86. The molecule has 1 aliphatic heterocycles. The minimum Gasteiger partial charge on any atom is -0.355 e. The maximum atomic E-state index is 12.2. The van der Waals surface area contributed by atoms with E-state index in [9.17, 15) is 9.59 Å². The maximum absolute atomic E-state index is 12.2. The smallest absolute Gasteiger partial charge is 0.230 e. The molecule has 162 valence electrons. The van der Waals surface area contributed by atoms with Crippen molar-refractivity contribution in [2.24, 2.45) is 0 Å². The summed E-state index contributed by atoms with van der Waals surface area (Å²) < 4.78 is 0. The fraction of sp³-hybridized carbons (Fsp3) is 0.700. The molecule has 1 N–H and O–H groups in total. The Morgan fingerprint density at radius 1 is 1.24 bits per heavy atom. The number of thioether (sulfide) groups is 1. The Morgan fingerprint density at radius 3 is 2.72 bits per heavy atom. The maximum Gasteiger partial charge on any atom is 0.230 e. The van der Waals surface area contributed by atoms with Crippen LogP contribution >= 0.6 is 23.4 Å². The summed E-state index contributed by atoms with van der Waals surface area (Å²) in [6.45, 7) is 8.99. The summed E-state index contributed by atoms with van der Waals surface area (Å²) in [7, 11) is 0. The van der Waals surface area contributed by atoms with Crippen LogP contribution in [0.25, 0.3) is 0 Å². The van der Waals surface area contributed by atoms with Gasteiger partial charge in [-0.25, -0.2) is 9.97 Å². The molecule has 9 heteroatoms. The van der Waals surface area contributed by atoms with Gasteiger partial charge in [0, 0.05) is 44.7 Å². The van der Waals surface area contributed by atoms with Crippen molar-refractivity contribution in [2.45, 2.75) is 64.1 Å². The van der Waals surface area contributed by atoms with Crippen LogP contribution in [0.15, 0.2) is 11.2 Å². The molecule has 2 amide bonds. The van der Waals surface area contributed by atoms with Crippen molar-refractivity contribution in [3.05, 3.63) is 11.2 Å². The number of carbonyl (C=O) groups excluding carboxylic acids is 2. The van der Waals surface area contributed by atoms with E-state index in [-0.39, 0.29) is 23.6 Å². The molecule has 0 spiro atoms. The average Bonchev–Trinajstić information content (AvgIpc) is 2.69. The van der Waals surface area contributed by atoms with Gasteiger partial charge in [0.05, 0.1) is 5.75 Å². The van der Waals surface area contributed by atoms with Gasteiger partial charge in [-0.3, -0.25) is 9.59 Å². The van der Waals surface area contributed by atoms with Crippen molar-refractivity contribution in [1.29, 1.82) is 0 Å². The molecule has 1 aliphatic rings. The van der Waals surface area contributed by atoms with Gasteiger partial charge in [-0.15, -0.1) is 0 Å². The zero-order valence-electron chi connectivity index (χ0n) is 17.6. The SMILES string of the molecule is CCCCCNC(=O)CSc1nc(Cl)cc(N2CCN(C(=O)CCC)C(C)C2)n1. The number of nitrogens with one attached hydrogen (secondary N) is 1. The quantitative estimate of drug-likeness (QED) is 0.259. The standard InChI is InChI=1S/C20H32ClN5O2S/c1-4-6-7-9-22-18(27)14-29-20-23-16(21)12-17(24-20)25-10-11-26(15(3)13-25)19(28)8-5-2/h12,15H,4-11,13-14H2,1-3H3,(H,22,27). The van der Waals surface area contributed by atoms with Crippen LogP contribution in [0.2, 0.25) is 5.15 Å². The molecule has 29 heavy (non-hydrogen) atoms. The number of unbranched alkanes of at least 4 members (excludes halogenated alkanes) is 2. The fourth-order valence-corrected chi connectivity index (χ4v) is 4.20. The van der Waals surface area contributed by atoms with Gasteiger partial charge in [0.25, 0.3) is 0 Å². The van der Waals surface area contributed by atoms with E-state index in [0.717, 1.165) is 31.5 Å². The molecule has 1 fully saturated rings. The van der Waals surface area contributed by atoms with Crippen molar-refractivity contribution in [3.63, 3.8) is 0 Å². The molecule has 0 radical (unpaired) electrons. The number of amides is 2. The summed E-state index contributed by atoms with van der Waals surface area (Å²) >= 11 is 7.49. The second-order valence-corrected chi connectivity index (χ2v) is 8.64. The average molecular weight is 442 g/mol. The number of aromatic nitrogens is 2. The molecular formula is C20H32ClN5O2S. The van der Waals surface area contributed by atoms with Gasteiger partial charge in [-0.1, -0.05) is 50.1 Å². The minimum atomic E-state index is -0.0205. The summed E-state index contributed by atoms with van der Waals surface area (Å²) in [5.74, 6) is 1.20. The predicted octanol–water partition coefficient (Wildman–Crippen LogP) is 3.37. The number of halogens is 1. The third-order valence-electron chi connectivity index (χ3n) is 4.83. The van der Waals surface area contributed by atoms with Crippen LogP contribution in [0.1, 0.15) is 52.9 Å². The Labute approximate surface area is 183 Å². The topological polar surface area (TPSA) is 78.4 Å². The first-order valence-electron chi connectivity index (χ1n) is 10.4. The Hall–Kier alpha value is -1.54. The van der Waals surface area contributed by atoms with Crippen LogP contribution in [0, 0.1) is 0 Å². The third-order valence-corrected chi connectivity index (χ3v) is 5.87. The number of nitrogens with zero attached hydrogens (tertiary/aromatic N) is 4. The van der Waals surface area contributed by atoms with Gasteiger partial charge >= 0.3 is 0 Å². The van der Waals surface area contributed by atoms with Crippen molar-refractivity contribution >= 4 is 41.0 Å². The van der Waals surface area contributed by atoms with Gasteiger partial charge in [0.15, 0.2) is 5.16 Å². The van der Waals surface area contributed by atoms with E-state index < -0.39 is 0 Å². The van der Waals surface area contributed by atoms with Crippen LogP contribution in [-0.4, -0.2) is 64.7 Å². The zero-order chi connectivity index (χ0) is 21.2. The lowest BCUT2D eigenvalue weighted by molar-refractivity contribution is -0.133. The van der Waals surface area contributed by atoms with E-state index in [1.54, 1.807) is 6.07 Å². The zero-order valence-corrected chi connectivity index (χ0v) is 19.2. The normalized spacial score (nSPS) is 16.8. The lowest BCUT2D eigenvalue weighted by Gasteiger charge is -2.40. The van der Waals surface area contributed by atoms with Crippen molar-refractivity contribution in [3.8, 4) is 0 Å². The van der Waals surface area contributed by atoms with Crippen LogP contribution in [0.5, 0.6) is 0 Å². The lowest BCUT2D eigenvalue weighted by atomic mass is 10.1. The second-order valence-electron chi connectivity index (χ2n) is 7.31. The number of carbonyl (C=O) groups is 2. The summed E-state index contributed by atoms with van der Waals surface area (Å²) in [6.07, 6.45) is 4.69. The molecule has 1 aromatic rings. The highest BCUT2D eigenvalue weighted by Gasteiger charge is 2.28. The van der Waals surface area contributed by atoms with E-state index in [2.05, 4.69) is 34.0 Å². The molecule has 0 aliphatic carbocycles. The highest BCUT2D eigenvalue weighted by Crippen LogP contribution is 2.24. The molecule has 1 atom stereocenters. The largest absolute Gasteiger partial charge is 0.355 e. The Bertz CT molecular complexity index is 691. The molecule has 1 unspecified atom stereocenters. The Kier molecular flexibility index (Phi) is 10.0. The number of hydrogen-bond donors (Lipinski definition) is 1. The van der Waals surface area contributed by atoms with Crippen molar-refractivity contribution in [2.75, 3.05) is 36.8 Å². The number of anilines is 1. The first-order chi connectivity index (χ1) is 13.9. The van der Waals surface area contributed by atoms with Gasteiger partial charge < -0.3 is 15.1 Å². The molecule has 1 saturated heterocycles. The molecule has 7 nitrogen and oxygen atoms in total. The van der Waals surface area contributed by atoms with E-state index in [1.807, 2.05) is 11.8 Å². The summed E-state index contributed by atoms with van der Waals surface area (Å²) in [4.78, 5) is 37.1. The Balaban J connectivity index is 1.92. The van der Waals surface area contributed by atoms with E-state index in [1.165, 1.54) is 11.8 Å². The van der Waals surface area contributed by atoms with Crippen LogP contribution < -0.4 is 10.2 Å². The molecule has 2 rings (SSSR count). The first kappa shape index (κ1) is 23.7. The number of piperazine rings is 1. The molecule has 0 aromatic carbocycles. The lowest BCUT2D eigenvalue weighted by Crippen LogP contribution is -2.54. The molecule has 2 heterocycles. The molecule has 0 saturated carbocycles. The monoisotopic (exact) mass is 441 g/mol. The highest BCUT2D eigenvalue weighted by atomic mass is 35.5. The van der Waals surface area contributed by atoms with Gasteiger partial charge in [0.1, 0.15) is 11.0 Å². The van der Waals surface area contributed by atoms with E-state index in [4.69, 9.17) is 11.6 Å². The Morgan fingerprint density at radius 2 is 2.03 bits per heavy atom. The van der Waals surface area contributed by atoms with E-state index in [0.29, 0.717) is 42.9 Å². The van der Waals surface area contributed by atoms with E-state index >= 15 is 0 Å². The minimum absolute atomic E-state index is 0.0205. The number of hydrogen-bond acceptors (Lipinski definition) is 6. The molecule has 1 aromatic heterocycles. The first-order valence-corrected chi connectivity index (χ1v) is 11.8. The third kappa shape index (κ3) is 7.66. The summed E-state index contributed by atoms with van der Waals surface area (Å²) in [5, 5.41) is 3.77. The van der Waals surface area contributed by atoms with Crippen molar-refractivity contribution in [1.82, 2.24) is 20.2 Å². The van der Waals surface area contributed by atoms with Gasteiger partial charge in [0.2, 0.25) is 11.8 Å². The molecular weight excluding hydrogens is 410 g/mol. The van der Waals surface area contributed by atoms with Crippen molar-refractivity contribution < 1.29 is 9.59 Å². The highest BCUT2D eigenvalue weighted by molar-refractivity contribution is 7.99. The molecule has 0 bridgehead atoms. The van der Waals surface area contributed by atoms with Gasteiger partial charge in [-0.05, 0) is 19.8 Å². The van der Waals surface area contributed by atoms with Crippen LogP contribution in [0.4, 0.5) is 5.82 Å². The van der Waals surface area contributed by atoms with Crippen LogP contribution in [-0.2, 0) is 9.59 Å². The number of rotatable bonds is 10. The van der Waals surface area contributed by atoms with Crippen LogP contribution in [0.3, 0.4) is 0 Å². The fourth-order valence-electron chi connectivity index (χ4n) is 3.29. The van der Waals surface area contributed by atoms with Gasteiger partial charge in [-0.2, -0.15) is 0 Å².